The molecular weight excluding hydrogens is 110 g/mol. The Morgan fingerprint density at radius 2 is 1.44 bits per heavy atom. The quantitative estimate of drug-likeness (QED) is 0.378. The summed E-state index contributed by atoms with van der Waals surface area (Å²) in [6.45, 7) is 6.38. The van der Waals surface area contributed by atoms with Crippen molar-refractivity contribution >= 4 is 6.21 Å². The Kier molecular flexibility index (Phi) is 13.5. The van der Waals surface area contributed by atoms with Gasteiger partial charge in [0, 0.05) is 6.42 Å². The molecule has 0 aliphatic carbocycles. The van der Waals surface area contributed by atoms with E-state index in [4.69, 9.17) is 0 Å². The minimum atomic E-state index is 1.13. The molecule has 0 aliphatic heterocycles. The van der Waals surface area contributed by atoms with E-state index in [1.807, 2.05) is 14.1 Å². The maximum absolute atomic E-state index is 2.12. The van der Waals surface area contributed by atoms with Crippen molar-refractivity contribution in [3.8, 4) is 0 Å². The van der Waals surface area contributed by atoms with Gasteiger partial charge in [0.15, 0.2) is 0 Å². The van der Waals surface area contributed by atoms with Crippen LogP contribution in [0.5, 0.6) is 0 Å². The van der Waals surface area contributed by atoms with E-state index in [9.17, 15) is 0 Å². The molecule has 0 saturated heterocycles. The third-order valence-corrected chi connectivity index (χ3v) is 0.548. The molecule has 0 bridgehead atoms. The molecule has 0 atom stereocenters. The standard InChI is InChI=1S/C5H12N.C3H8/c1-4-5-6(2)3;1-3-2/h5H,4H2,1-3H3;3H2,1-2H3/q+1;. The number of nitrogens with zero attached hydrogens (tertiary/aromatic N) is 1. The van der Waals surface area contributed by atoms with E-state index in [1.165, 1.54) is 6.42 Å². The van der Waals surface area contributed by atoms with Crippen molar-refractivity contribution in [3.05, 3.63) is 0 Å². The first-order valence-electron chi connectivity index (χ1n) is 3.68. The monoisotopic (exact) mass is 130 g/mol. The van der Waals surface area contributed by atoms with Gasteiger partial charge < -0.3 is 0 Å². The van der Waals surface area contributed by atoms with Crippen LogP contribution < -0.4 is 0 Å². The van der Waals surface area contributed by atoms with E-state index in [2.05, 4.69) is 31.6 Å². The van der Waals surface area contributed by atoms with Gasteiger partial charge in [-0.15, -0.1) is 0 Å². The molecule has 0 aromatic rings. The molecule has 9 heavy (non-hydrogen) atoms. The summed E-state index contributed by atoms with van der Waals surface area (Å²) in [5.74, 6) is 0. The molecule has 0 saturated carbocycles. The predicted octanol–water partition coefficient (Wildman–Crippen LogP) is 2.16. The zero-order chi connectivity index (χ0) is 7.70. The molecule has 0 rings (SSSR count). The first kappa shape index (κ1) is 11.5. The summed E-state index contributed by atoms with van der Waals surface area (Å²) in [7, 11) is 4.06. The first-order valence-corrected chi connectivity index (χ1v) is 3.68. The van der Waals surface area contributed by atoms with Crippen LogP contribution in [-0.4, -0.2) is 24.9 Å². The van der Waals surface area contributed by atoms with Crippen LogP contribution >= 0.6 is 0 Å². The number of hydrogen-bond donors (Lipinski definition) is 0. The van der Waals surface area contributed by atoms with Crippen LogP contribution in [0.3, 0.4) is 0 Å². The lowest BCUT2D eigenvalue weighted by molar-refractivity contribution is -0.460. The van der Waals surface area contributed by atoms with Gasteiger partial charge in [-0.2, -0.15) is 0 Å². The molecule has 0 amide bonds. The minimum absolute atomic E-state index is 1.13. The Labute approximate surface area is 59.4 Å². The maximum atomic E-state index is 2.12. The molecule has 0 unspecified atom stereocenters. The van der Waals surface area contributed by atoms with E-state index in [-0.39, 0.29) is 0 Å². The minimum Gasteiger partial charge on any atom is -0.245 e. The van der Waals surface area contributed by atoms with Crippen molar-refractivity contribution in [1.82, 2.24) is 0 Å². The van der Waals surface area contributed by atoms with E-state index in [0.717, 1.165) is 6.42 Å². The third kappa shape index (κ3) is 34.6. The van der Waals surface area contributed by atoms with Crippen LogP contribution in [0.4, 0.5) is 0 Å². The van der Waals surface area contributed by atoms with Crippen LogP contribution in [0.15, 0.2) is 0 Å². The predicted molar refractivity (Wildman–Crippen MR) is 44.4 cm³/mol. The molecule has 56 valence electrons. The highest BCUT2D eigenvalue weighted by Crippen LogP contribution is 1.61. The molecule has 0 fully saturated rings. The summed E-state index contributed by atoms with van der Waals surface area (Å²) >= 11 is 0. The molecular formula is C8H20N+. The van der Waals surface area contributed by atoms with Gasteiger partial charge in [0.2, 0.25) is 0 Å². The molecule has 1 nitrogen and oxygen atoms in total. The summed E-state index contributed by atoms with van der Waals surface area (Å²) in [5, 5.41) is 0. The molecule has 0 aliphatic rings. The molecule has 0 spiro atoms. The smallest absolute Gasteiger partial charge is 0.138 e. The second-order valence-corrected chi connectivity index (χ2v) is 2.26. The van der Waals surface area contributed by atoms with E-state index in [0.29, 0.717) is 0 Å². The fourth-order valence-electron chi connectivity index (χ4n) is 0.365. The van der Waals surface area contributed by atoms with Gasteiger partial charge in [-0.1, -0.05) is 27.2 Å². The second kappa shape index (κ2) is 10.6. The van der Waals surface area contributed by atoms with Crippen LogP contribution in [0.25, 0.3) is 0 Å². The zero-order valence-electron chi connectivity index (χ0n) is 7.44. The lowest BCUT2D eigenvalue weighted by Gasteiger charge is -1.76. The molecule has 0 radical (unpaired) electrons. The summed E-state index contributed by atoms with van der Waals surface area (Å²) in [6, 6.07) is 0. The first-order chi connectivity index (χ1) is 4.18. The molecule has 0 aromatic heterocycles. The largest absolute Gasteiger partial charge is 0.245 e. The Morgan fingerprint density at radius 1 is 1.11 bits per heavy atom. The lowest BCUT2D eigenvalue weighted by atomic mass is 10.5. The van der Waals surface area contributed by atoms with Crippen molar-refractivity contribution < 1.29 is 4.58 Å². The van der Waals surface area contributed by atoms with Gasteiger partial charge in [-0.05, 0) is 0 Å². The fourth-order valence-corrected chi connectivity index (χ4v) is 0.365. The number of hydrogen-bond acceptors (Lipinski definition) is 0. The Bertz CT molecular complexity index is 61.0. The van der Waals surface area contributed by atoms with Crippen molar-refractivity contribution in [3.63, 3.8) is 0 Å². The van der Waals surface area contributed by atoms with Gasteiger partial charge in [-0.3, -0.25) is 0 Å². The maximum Gasteiger partial charge on any atom is 0.138 e. The SMILES string of the molecule is CCC.CCC=[N+](C)C. The van der Waals surface area contributed by atoms with Crippen molar-refractivity contribution in [2.45, 2.75) is 33.6 Å². The van der Waals surface area contributed by atoms with Gasteiger partial charge in [0.1, 0.15) is 20.3 Å². The van der Waals surface area contributed by atoms with E-state index < -0.39 is 0 Å². The average Bonchev–Trinajstić information content (AvgIpc) is 1.67. The van der Waals surface area contributed by atoms with Gasteiger partial charge >= 0.3 is 0 Å². The molecule has 0 N–H and O–H groups in total. The molecule has 0 aromatic carbocycles. The third-order valence-electron chi connectivity index (χ3n) is 0.548. The summed E-state index contributed by atoms with van der Waals surface area (Å²) in [6.07, 6.45) is 4.51. The molecule has 0 heterocycles. The number of rotatable bonds is 1. The van der Waals surface area contributed by atoms with E-state index in [1.54, 1.807) is 0 Å². The lowest BCUT2D eigenvalue weighted by Crippen LogP contribution is -1.95. The van der Waals surface area contributed by atoms with Crippen molar-refractivity contribution in [2.75, 3.05) is 14.1 Å². The highest BCUT2D eigenvalue weighted by Gasteiger charge is 1.72. The molecule has 1 heteroatoms. The Balaban J connectivity index is 0. The van der Waals surface area contributed by atoms with Crippen molar-refractivity contribution in [2.24, 2.45) is 0 Å². The highest BCUT2D eigenvalue weighted by molar-refractivity contribution is 5.50. The second-order valence-electron chi connectivity index (χ2n) is 2.26. The summed E-state index contributed by atoms with van der Waals surface area (Å²) in [5.41, 5.74) is 0. The van der Waals surface area contributed by atoms with Crippen LogP contribution in [0, 0.1) is 0 Å². The van der Waals surface area contributed by atoms with Gasteiger partial charge in [0.25, 0.3) is 0 Å². The van der Waals surface area contributed by atoms with Crippen LogP contribution in [0.2, 0.25) is 0 Å². The van der Waals surface area contributed by atoms with Crippen LogP contribution in [0.1, 0.15) is 33.6 Å². The van der Waals surface area contributed by atoms with E-state index >= 15 is 0 Å². The van der Waals surface area contributed by atoms with Crippen molar-refractivity contribution in [1.29, 1.82) is 0 Å². The summed E-state index contributed by atoms with van der Waals surface area (Å²) in [4.78, 5) is 0. The van der Waals surface area contributed by atoms with Gasteiger partial charge in [-0.25, -0.2) is 4.58 Å². The average molecular weight is 130 g/mol. The van der Waals surface area contributed by atoms with Gasteiger partial charge in [0.05, 0.1) is 0 Å². The normalized spacial score (nSPS) is 7.22. The topological polar surface area (TPSA) is 3.01 Å². The highest BCUT2D eigenvalue weighted by atomic mass is 14.9. The van der Waals surface area contributed by atoms with Crippen LogP contribution in [-0.2, 0) is 0 Å². The Hall–Kier alpha value is -0.330. The fraction of sp³-hybridized carbons (Fsp3) is 0.875. The summed E-state index contributed by atoms with van der Waals surface area (Å²) < 4.78 is 2.06. The Morgan fingerprint density at radius 3 is 1.44 bits per heavy atom. The zero-order valence-corrected chi connectivity index (χ0v) is 7.44.